The van der Waals surface area contributed by atoms with Gasteiger partial charge < -0.3 is 14.4 Å². The summed E-state index contributed by atoms with van der Waals surface area (Å²) in [7, 11) is 0. The topological polar surface area (TPSA) is 58.4 Å². The van der Waals surface area contributed by atoms with Crippen molar-refractivity contribution < 1.29 is 4.79 Å². The molecular formula is C14H22N4O2. The molecule has 2 heterocycles. The van der Waals surface area contributed by atoms with E-state index < -0.39 is 0 Å². The molecule has 0 unspecified atom stereocenters. The minimum absolute atomic E-state index is 0.0676. The molecule has 0 radical (unpaired) electrons. The summed E-state index contributed by atoms with van der Waals surface area (Å²) < 4.78 is 1.60. The Bertz CT molecular complexity index is 538. The van der Waals surface area contributed by atoms with Crippen LogP contribution in [0, 0.1) is 5.92 Å². The van der Waals surface area contributed by atoms with Gasteiger partial charge in [-0.25, -0.2) is 4.98 Å². The maximum absolute atomic E-state index is 12.2. The Hall–Kier alpha value is -1.85. The van der Waals surface area contributed by atoms with Gasteiger partial charge in [0.2, 0.25) is 5.91 Å². The third-order valence-electron chi connectivity index (χ3n) is 3.44. The monoisotopic (exact) mass is 278 g/mol. The van der Waals surface area contributed by atoms with Crippen LogP contribution in [0.4, 0.5) is 5.82 Å². The van der Waals surface area contributed by atoms with Gasteiger partial charge in [-0.1, -0.05) is 13.8 Å². The molecule has 1 aromatic heterocycles. The molecule has 0 N–H and O–H groups in total. The Balaban J connectivity index is 2.14. The molecule has 1 aliphatic rings. The van der Waals surface area contributed by atoms with Crippen LogP contribution in [-0.2, 0) is 11.3 Å². The summed E-state index contributed by atoms with van der Waals surface area (Å²) >= 11 is 0. The quantitative estimate of drug-likeness (QED) is 0.808. The van der Waals surface area contributed by atoms with Crippen molar-refractivity contribution in [2.45, 2.75) is 27.3 Å². The van der Waals surface area contributed by atoms with Gasteiger partial charge in [-0.3, -0.25) is 9.59 Å². The summed E-state index contributed by atoms with van der Waals surface area (Å²) in [5.41, 5.74) is -0.125. The van der Waals surface area contributed by atoms with Crippen molar-refractivity contribution in [3.63, 3.8) is 0 Å². The second kappa shape index (κ2) is 6.07. The zero-order chi connectivity index (χ0) is 14.7. The highest BCUT2D eigenvalue weighted by atomic mass is 16.2. The normalized spacial score (nSPS) is 16.1. The third kappa shape index (κ3) is 3.00. The molecule has 0 bridgehead atoms. The molecule has 1 aromatic rings. The summed E-state index contributed by atoms with van der Waals surface area (Å²) in [4.78, 5) is 32.1. The van der Waals surface area contributed by atoms with Crippen molar-refractivity contribution in [2.24, 2.45) is 5.92 Å². The number of hydrogen-bond acceptors (Lipinski definition) is 4. The van der Waals surface area contributed by atoms with E-state index in [4.69, 9.17) is 0 Å². The van der Waals surface area contributed by atoms with Gasteiger partial charge in [0.25, 0.3) is 5.56 Å². The summed E-state index contributed by atoms with van der Waals surface area (Å²) in [6, 6.07) is 0. The molecule has 20 heavy (non-hydrogen) atoms. The molecule has 0 spiro atoms. The van der Waals surface area contributed by atoms with E-state index in [1.807, 2.05) is 11.8 Å². The van der Waals surface area contributed by atoms with Gasteiger partial charge in [0.1, 0.15) is 0 Å². The molecule has 1 aliphatic heterocycles. The minimum atomic E-state index is -0.125. The highest BCUT2D eigenvalue weighted by Crippen LogP contribution is 2.11. The number of carbonyl (C=O) groups excluding carboxylic acids is 1. The average molecular weight is 278 g/mol. The number of rotatable bonds is 4. The number of carbonyl (C=O) groups is 1. The van der Waals surface area contributed by atoms with Crippen molar-refractivity contribution in [3.05, 3.63) is 22.7 Å². The largest absolute Gasteiger partial charge is 0.341 e. The number of nitrogens with zero attached hydrogens (tertiary/aromatic N) is 4. The zero-order valence-corrected chi connectivity index (χ0v) is 12.4. The Labute approximate surface area is 119 Å². The molecule has 2 rings (SSSR count). The Morgan fingerprint density at radius 1 is 1.30 bits per heavy atom. The molecule has 0 aromatic carbocycles. The SMILES string of the molecule is CCn1ccnc(N2CCN(CC(C)C)C(=O)C2)c1=O. The fraction of sp³-hybridized carbons (Fsp3) is 0.643. The lowest BCUT2D eigenvalue weighted by molar-refractivity contribution is -0.131. The van der Waals surface area contributed by atoms with Gasteiger partial charge >= 0.3 is 0 Å². The van der Waals surface area contributed by atoms with E-state index in [2.05, 4.69) is 18.8 Å². The zero-order valence-electron chi connectivity index (χ0n) is 12.4. The van der Waals surface area contributed by atoms with Crippen molar-refractivity contribution in [3.8, 4) is 0 Å². The van der Waals surface area contributed by atoms with E-state index in [-0.39, 0.29) is 18.0 Å². The van der Waals surface area contributed by atoms with Gasteiger partial charge in [0.05, 0.1) is 6.54 Å². The molecule has 1 fully saturated rings. The summed E-state index contributed by atoms with van der Waals surface area (Å²) in [5, 5.41) is 0. The van der Waals surface area contributed by atoms with E-state index in [0.717, 1.165) is 6.54 Å². The van der Waals surface area contributed by atoms with Crippen LogP contribution in [0.5, 0.6) is 0 Å². The van der Waals surface area contributed by atoms with Crippen LogP contribution in [0.1, 0.15) is 20.8 Å². The van der Waals surface area contributed by atoms with E-state index in [9.17, 15) is 9.59 Å². The first kappa shape index (κ1) is 14.6. The van der Waals surface area contributed by atoms with Crippen LogP contribution in [0.15, 0.2) is 17.2 Å². The number of aromatic nitrogens is 2. The van der Waals surface area contributed by atoms with Crippen molar-refractivity contribution in [1.29, 1.82) is 0 Å². The molecule has 110 valence electrons. The first-order valence-electron chi connectivity index (χ1n) is 7.11. The average Bonchev–Trinajstić information content (AvgIpc) is 2.41. The second-order valence-corrected chi connectivity index (χ2v) is 5.50. The molecule has 0 aliphatic carbocycles. The highest BCUT2D eigenvalue weighted by molar-refractivity contribution is 5.82. The van der Waals surface area contributed by atoms with Crippen LogP contribution >= 0.6 is 0 Å². The van der Waals surface area contributed by atoms with Gasteiger partial charge in [-0.15, -0.1) is 0 Å². The maximum atomic E-state index is 12.2. The van der Waals surface area contributed by atoms with Crippen molar-refractivity contribution >= 4 is 11.7 Å². The van der Waals surface area contributed by atoms with E-state index in [1.54, 1.807) is 21.9 Å². The summed E-state index contributed by atoms with van der Waals surface area (Å²) in [6.07, 6.45) is 3.29. The second-order valence-electron chi connectivity index (χ2n) is 5.50. The maximum Gasteiger partial charge on any atom is 0.293 e. The van der Waals surface area contributed by atoms with Gasteiger partial charge in [-0.05, 0) is 12.8 Å². The van der Waals surface area contributed by atoms with Gasteiger partial charge in [0.15, 0.2) is 5.82 Å². The lowest BCUT2D eigenvalue weighted by Crippen LogP contribution is -2.53. The molecular weight excluding hydrogens is 256 g/mol. The number of anilines is 1. The van der Waals surface area contributed by atoms with Crippen LogP contribution in [-0.4, -0.2) is 46.5 Å². The third-order valence-corrected chi connectivity index (χ3v) is 3.44. The van der Waals surface area contributed by atoms with Gasteiger partial charge in [0, 0.05) is 38.6 Å². The van der Waals surface area contributed by atoms with Crippen LogP contribution < -0.4 is 10.5 Å². The van der Waals surface area contributed by atoms with Crippen LogP contribution in [0.3, 0.4) is 0 Å². The fourth-order valence-electron chi connectivity index (χ4n) is 2.42. The van der Waals surface area contributed by atoms with E-state index in [0.29, 0.717) is 31.4 Å². The van der Waals surface area contributed by atoms with E-state index in [1.165, 1.54) is 0 Å². The first-order chi connectivity index (χ1) is 9.52. The van der Waals surface area contributed by atoms with E-state index >= 15 is 0 Å². The minimum Gasteiger partial charge on any atom is -0.341 e. The molecule has 0 saturated carbocycles. The van der Waals surface area contributed by atoms with Gasteiger partial charge in [-0.2, -0.15) is 0 Å². The standard InChI is InChI=1S/C14H22N4O2/c1-4-16-6-5-15-13(14(16)20)18-8-7-17(9-11(2)3)12(19)10-18/h5-6,11H,4,7-10H2,1-3H3. The smallest absolute Gasteiger partial charge is 0.293 e. The first-order valence-corrected chi connectivity index (χ1v) is 7.11. The Morgan fingerprint density at radius 3 is 2.65 bits per heavy atom. The Kier molecular flexibility index (Phi) is 4.42. The highest BCUT2D eigenvalue weighted by Gasteiger charge is 2.26. The van der Waals surface area contributed by atoms with Crippen LogP contribution in [0.2, 0.25) is 0 Å². The fourth-order valence-corrected chi connectivity index (χ4v) is 2.42. The summed E-state index contributed by atoms with van der Waals surface area (Å²) in [6.45, 7) is 9.04. The number of hydrogen-bond donors (Lipinski definition) is 0. The lowest BCUT2D eigenvalue weighted by Gasteiger charge is -2.35. The molecule has 6 heteroatoms. The molecule has 1 saturated heterocycles. The molecule has 6 nitrogen and oxygen atoms in total. The van der Waals surface area contributed by atoms with Crippen LogP contribution in [0.25, 0.3) is 0 Å². The lowest BCUT2D eigenvalue weighted by atomic mass is 10.2. The molecule has 0 atom stereocenters. The number of aryl methyl sites for hydroxylation is 1. The predicted octanol–water partition coefficient (Wildman–Crippen LogP) is 0.568. The van der Waals surface area contributed by atoms with Crippen molar-refractivity contribution in [2.75, 3.05) is 31.1 Å². The Morgan fingerprint density at radius 2 is 2.05 bits per heavy atom. The molecule has 1 amide bonds. The number of piperazine rings is 1. The predicted molar refractivity (Wildman–Crippen MR) is 77.8 cm³/mol. The summed E-state index contributed by atoms with van der Waals surface area (Å²) in [5.74, 6) is 0.905. The van der Waals surface area contributed by atoms with Crippen molar-refractivity contribution in [1.82, 2.24) is 14.5 Å². The number of amides is 1.